The molecule has 1 N–H and O–H groups in total. The maximum absolute atomic E-state index is 11.9. The molecular formula is C14H30N2O2. The fourth-order valence-electron chi connectivity index (χ4n) is 1.95. The molecule has 4 nitrogen and oxygen atoms in total. The Morgan fingerprint density at radius 1 is 1.28 bits per heavy atom. The normalized spacial score (nSPS) is 14.9. The number of nitrogens with one attached hydrogen (secondary N) is 1. The van der Waals surface area contributed by atoms with Crippen molar-refractivity contribution in [1.82, 2.24) is 10.2 Å². The first kappa shape index (κ1) is 17.4. The molecule has 0 aromatic carbocycles. The number of hydrogen-bond acceptors (Lipinski definition) is 4. The number of nitrogens with zero attached hydrogens (tertiary/aromatic N) is 1. The van der Waals surface area contributed by atoms with Crippen LogP contribution in [0.15, 0.2) is 0 Å². The Morgan fingerprint density at radius 3 is 2.33 bits per heavy atom. The molecule has 0 aliphatic rings. The number of rotatable bonds is 9. The first-order valence-corrected chi connectivity index (χ1v) is 7.05. The van der Waals surface area contributed by atoms with E-state index in [4.69, 9.17) is 4.74 Å². The van der Waals surface area contributed by atoms with Crippen molar-refractivity contribution in [3.05, 3.63) is 0 Å². The summed E-state index contributed by atoms with van der Waals surface area (Å²) in [6.45, 7) is 11.4. The number of likely N-dealkylation sites (N-methyl/N-ethyl adjacent to an activating group) is 1. The first-order chi connectivity index (χ1) is 8.42. The number of carbonyl (C=O) groups excluding carboxylic acids is 1. The van der Waals surface area contributed by atoms with E-state index in [1.807, 2.05) is 20.8 Å². The van der Waals surface area contributed by atoms with Crippen molar-refractivity contribution >= 4 is 5.97 Å². The van der Waals surface area contributed by atoms with Crippen LogP contribution in [-0.4, -0.2) is 49.2 Å². The molecule has 4 heteroatoms. The van der Waals surface area contributed by atoms with Gasteiger partial charge in [-0.15, -0.1) is 0 Å². The summed E-state index contributed by atoms with van der Waals surface area (Å²) in [4.78, 5) is 14.1. The summed E-state index contributed by atoms with van der Waals surface area (Å²) < 4.78 is 5.12. The van der Waals surface area contributed by atoms with Crippen LogP contribution < -0.4 is 5.32 Å². The molecule has 0 spiro atoms. The fourth-order valence-corrected chi connectivity index (χ4v) is 1.95. The second-order valence-electron chi connectivity index (χ2n) is 5.20. The van der Waals surface area contributed by atoms with Crippen LogP contribution in [-0.2, 0) is 9.53 Å². The average molecular weight is 258 g/mol. The molecule has 0 aromatic heterocycles. The van der Waals surface area contributed by atoms with E-state index >= 15 is 0 Å². The molecule has 0 fully saturated rings. The number of ether oxygens (including phenoxy) is 1. The van der Waals surface area contributed by atoms with E-state index in [1.54, 1.807) is 0 Å². The van der Waals surface area contributed by atoms with Crippen LogP contribution in [0.3, 0.4) is 0 Å². The van der Waals surface area contributed by atoms with Crippen LogP contribution in [0.2, 0.25) is 0 Å². The van der Waals surface area contributed by atoms with Crippen molar-refractivity contribution in [1.29, 1.82) is 0 Å². The van der Waals surface area contributed by atoms with Crippen molar-refractivity contribution in [3.63, 3.8) is 0 Å². The minimum Gasteiger partial charge on any atom is -0.465 e. The predicted molar refractivity (Wildman–Crippen MR) is 75.7 cm³/mol. The number of hydrogen-bond donors (Lipinski definition) is 1. The van der Waals surface area contributed by atoms with Gasteiger partial charge in [0.25, 0.3) is 0 Å². The zero-order chi connectivity index (χ0) is 14.1. The van der Waals surface area contributed by atoms with Crippen LogP contribution >= 0.6 is 0 Å². The standard InChI is InChI=1S/C14H30N2O2/c1-7-9-12(5)16(6)10-13(15-11(3)4)14(17)18-8-2/h11-13,15H,7-10H2,1-6H3. The topological polar surface area (TPSA) is 41.6 Å². The van der Waals surface area contributed by atoms with Crippen LogP contribution in [0.1, 0.15) is 47.5 Å². The largest absolute Gasteiger partial charge is 0.465 e. The summed E-state index contributed by atoms with van der Waals surface area (Å²) in [6.07, 6.45) is 2.31. The number of esters is 1. The summed E-state index contributed by atoms with van der Waals surface area (Å²) >= 11 is 0. The number of carbonyl (C=O) groups is 1. The Labute approximate surface area is 112 Å². The van der Waals surface area contributed by atoms with E-state index in [0.29, 0.717) is 19.2 Å². The van der Waals surface area contributed by atoms with E-state index in [0.717, 1.165) is 12.8 Å². The second-order valence-corrected chi connectivity index (χ2v) is 5.20. The third-order valence-electron chi connectivity index (χ3n) is 3.04. The first-order valence-electron chi connectivity index (χ1n) is 7.05. The van der Waals surface area contributed by atoms with Crippen molar-refractivity contribution in [2.45, 2.75) is 65.6 Å². The van der Waals surface area contributed by atoms with E-state index in [9.17, 15) is 4.79 Å². The Kier molecular flexibility index (Phi) is 9.02. The summed E-state index contributed by atoms with van der Waals surface area (Å²) in [7, 11) is 2.06. The van der Waals surface area contributed by atoms with Gasteiger partial charge in [0.15, 0.2) is 0 Å². The lowest BCUT2D eigenvalue weighted by atomic mass is 10.1. The molecule has 0 aliphatic heterocycles. The van der Waals surface area contributed by atoms with Crippen LogP contribution in [0.25, 0.3) is 0 Å². The molecule has 0 rings (SSSR count). The average Bonchev–Trinajstić information content (AvgIpc) is 2.28. The third kappa shape index (κ3) is 6.97. The molecule has 0 saturated carbocycles. The SMILES string of the molecule is CCCC(C)N(C)CC(NC(C)C)C(=O)OCC. The van der Waals surface area contributed by atoms with Crippen molar-refractivity contribution in [3.8, 4) is 0 Å². The van der Waals surface area contributed by atoms with Gasteiger partial charge in [-0.2, -0.15) is 0 Å². The predicted octanol–water partition coefficient (Wildman–Crippen LogP) is 2.04. The van der Waals surface area contributed by atoms with Crippen molar-refractivity contribution in [2.24, 2.45) is 0 Å². The van der Waals surface area contributed by atoms with Gasteiger partial charge >= 0.3 is 5.97 Å². The minimum atomic E-state index is -0.241. The molecule has 0 aliphatic carbocycles. The van der Waals surface area contributed by atoms with Crippen molar-refractivity contribution < 1.29 is 9.53 Å². The van der Waals surface area contributed by atoms with Crippen LogP contribution in [0.5, 0.6) is 0 Å². The molecule has 18 heavy (non-hydrogen) atoms. The molecule has 0 heterocycles. The summed E-state index contributed by atoms with van der Waals surface area (Å²) in [5.74, 6) is -0.151. The maximum Gasteiger partial charge on any atom is 0.324 e. The zero-order valence-electron chi connectivity index (χ0n) is 12.8. The molecule has 0 radical (unpaired) electrons. The molecule has 2 atom stereocenters. The lowest BCUT2D eigenvalue weighted by Gasteiger charge is -2.29. The van der Waals surface area contributed by atoms with E-state index < -0.39 is 0 Å². The lowest BCUT2D eigenvalue weighted by Crippen LogP contribution is -2.50. The van der Waals surface area contributed by atoms with Crippen LogP contribution in [0, 0.1) is 0 Å². The molecule has 2 unspecified atom stereocenters. The van der Waals surface area contributed by atoms with Gasteiger partial charge in [0.2, 0.25) is 0 Å². The minimum absolute atomic E-state index is 0.151. The van der Waals surface area contributed by atoms with Crippen LogP contribution in [0.4, 0.5) is 0 Å². The van der Waals surface area contributed by atoms with Gasteiger partial charge in [-0.1, -0.05) is 27.2 Å². The highest BCUT2D eigenvalue weighted by Gasteiger charge is 2.23. The molecule has 0 aromatic rings. The molecular weight excluding hydrogens is 228 g/mol. The van der Waals surface area contributed by atoms with Gasteiger partial charge in [-0.05, 0) is 27.3 Å². The smallest absolute Gasteiger partial charge is 0.324 e. The molecule has 0 amide bonds. The maximum atomic E-state index is 11.9. The highest BCUT2D eigenvalue weighted by atomic mass is 16.5. The van der Waals surface area contributed by atoms with Gasteiger partial charge < -0.3 is 15.0 Å². The van der Waals surface area contributed by atoms with E-state index in [1.165, 1.54) is 0 Å². The zero-order valence-corrected chi connectivity index (χ0v) is 12.8. The van der Waals surface area contributed by atoms with Gasteiger partial charge in [0.1, 0.15) is 6.04 Å². The summed E-state index contributed by atoms with van der Waals surface area (Å²) in [5.41, 5.74) is 0. The Morgan fingerprint density at radius 2 is 1.89 bits per heavy atom. The lowest BCUT2D eigenvalue weighted by molar-refractivity contribution is -0.146. The highest BCUT2D eigenvalue weighted by Crippen LogP contribution is 2.06. The van der Waals surface area contributed by atoms with E-state index in [2.05, 4.69) is 31.1 Å². The Balaban J connectivity index is 4.42. The third-order valence-corrected chi connectivity index (χ3v) is 3.04. The van der Waals surface area contributed by atoms with Gasteiger partial charge in [-0.3, -0.25) is 4.79 Å². The fraction of sp³-hybridized carbons (Fsp3) is 0.929. The molecule has 0 saturated heterocycles. The van der Waals surface area contributed by atoms with Crippen molar-refractivity contribution in [2.75, 3.05) is 20.2 Å². The summed E-state index contributed by atoms with van der Waals surface area (Å²) in [6, 6.07) is 0.518. The summed E-state index contributed by atoms with van der Waals surface area (Å²) in [5, 5.41) is 3.28. The quantitative estimate of drug-likeness (QED) is 0.643. The molecule has 108 valence electrons. The van der Waals surface area contributed by atoms with Gasteiger partial charge in [0.05, 0.1) is 6.61 Å². The Hall–Kier alpha value is -0.610. The van der Waals surface area contributed by atoms with E-state index in [-0.39, 0.29) is 18.1 Å². The molecule has 0 bridgehead atoms. The monoisotopic (exact) mass is 258 g/mol. The second kappa shape index (κ2) is 9.34. The highest BCUT2D eigenvalue weighted by molar-refractivity contribution is 5.76. The Bertz CT molecular complexity index is 232. The van der Waals surface area contributed by atoms with Gasteiger partial charge in [-0.25, -0.2) is 0 Å². The van der Waals surface area contributed by atoms with Gasteiger partial charge in [0, 0.05) is 18.6 Å².